The molecule has 2 aromatic rings. The molecule has 0 aliphatic carbocycles. The van der Waals surface area contributed by atoms with E-state index >= 15 is 0 Å². The van der Waals surface area contributed by atoms with E-state index in [1.165, 1.54) is 0 Å². The number of ether oxygens (including phenoxy) is 1. The summed E-state index contributed by atoms with van der Waals surface area (Å²) in [4.78, 5) is 18.0. The van der Waals surface area contributed by atoms with Crippen molar-refractivity contribution in [2.75, 3.05) is 20.2 Å². The molecule has 3 rings (SSSR count). The number of benzene rings is 1. The first-order chi connectivity index (χ1) is 11.9. The number of nitrogens with one attached hydrogen (secondary N) is 1. The summed E-state index contributed by atoms with van der Waals surface area (Å²) in [6.07, 6.45) is 2.70. The summed E-state index contributed by atoms with van der Waals surface area (Å²) >= 11 is 0. The molecular formula is C20H28N2O3. The maximum atomic E-state index is 12.8. The Balaban J connectivity index is 1.66. The van der Waals surface area contributed by atoms with Crippen molar-refractivity contribution in [2.45, 2.75) is 45.3 Å². The Bertz CT molecular complexity index is 737. The SMILES string of the molecule is COCc1ccc2[nH]c(C(=O)N3CCC(CC(C)(C)O)CC3)cc2c1. The van der Waals surface area contributed by atoms with Crippen LogP contribution in [0.5, 0.6) is 0 Å². The van der Waals surface area contributed by atoms with Gasteiger partial charge in [0.15, 0.2) is 0 Å². The summed E-state index contributed by atoms with van der Waals surface area (Å²) in [6, 6.07) is 8.00. The molecule has 2 N–H and O–H groups in total. The Hall–Kier alpha value is -1.85. The summed E-state index contributed by atoms with van der Waals surface area (Å²) in [7, 11) is 1.68. The first-order valence-electron chi connectivity index (χ1n) is 8.98. The Morgan fingerprint density at radius 3 is 2.68 bits per heavy atom. The molecule has 0 spiro atoms. The number of rotatable bonds is 5. The zero-order valence-corrected chi connectivity index (χ0v) is 15.3. The van der Waals surface area contributed by atoms with E-state index in [1.54, 1.807) is 7.11 Å². The van der Waals surface area contributed by atoms with E-state index in [0.29, 0.717) is 18.2 Å². The van der Waals surface area contributed by atoms with Crippen LogP contribution in [-0.4, -0.2) is 46.7 Å². The number of amides is 1. The first-order valence-corrected chi connectivity index (χ1v) is 8.98. The summed E-state index contributed by atoms with van der Waals surface area (Å²) in [6.45, 7) is 5.78. The Kier molecular flexibility index (Phi) is 5.16. The van der Waals surface area contributed by atoms with Crippen LogP contribution in [0.3, 0.4) is 0 Å². The third-order valence-electron chi connectivity index (χ3n) is 4.92. The number of aromatic nitrogens is 1. The number of fused-ring (bicyclic) bond motifs is 1. The van der Waals surface area contributed by atoms with Crippen molar-refractivity contribution in [3.63, 3.8) is 0 Å². The molecule has 5 nitrogen and oxygen atoms in total. The van der Waals surface area contributed by atoms with Gasteiger partial charge in [-0.15, -0.1) is 0 Å². The van der Waals surface area contributed by atoms with E-state index in [1.807, 2.05) is 36.9 Å². The van der Waals surface area contributed by atoms with Gasteiger partial charge in [-0.2, -0.15) is 0 Å². The van der Waals surface area contributed by atoms with E-state index in [-0.39, 0.29) is 5.91 Å². The maximum absolute atomic E-state index is 12.8. The number of hydrogen-bond donors (Lipinski definition) is 2. The fraction of sp³-hybridized carbons (Fsp3) is 0.550. The molecule has 1 saturated heterocycles. The number of piperidine rings is 1. The average Bonchev–Trinajstić information content (AvgIpc) is 2.97. The van der Waals surface area contributed by atoms with Crippen LogP contribution >= 0.6 is 0 Å². The number of carbonyl (C=O) groups excluding carboxylic acids is 1. The zero-order chi connectivity index (χ0) is 18.0. The molecule has 0 radical (unpaired) electrons. The van der Waals surface area contributed by atoms with E-state index in [0.717, 1.165) is 48.8 Å². The molecule has 0 unspecified atom stereocenters. The Morgan fingerprint density at radius 2 is 2.04 bits per heavy atom. The predicted octanol–water partition coefficient (Wildman–Crippen LogP) is 3.33. The van der Waals surface area contributed by atoms with Gasteiger partial charge in [-0.05, 0) is 62.8 Å². The molecule has 1 aromatic carbocycles. The monoisotopic (exact) mass is 344 g/mol. The summed E-state index contributed by atoms with van der Waals surface area (Å²) < 4.78 is 5.17. The summed E-state index contributed by atoms with van der Waals surface area (Å²) in [5, 5.41) is 11.0. The second-order valence-electron chi connectivity index (χ2n) is 7.79. The molecule has 25 heavy (non-hydrogen) atoms. The third-order valence-corrected chi connectivity index (χ3v) is 4.92. The van der Waals surface area contributed by atoms with Gasteiger partial charge in [0.05, 0.1) is 12.2 Å². The number of likely N-dealkylation sites (tertiary alicyclic amines) is 1. The molecular weight excluding hydrogens is 316 g/mol. The average molecular weight is 344 g/mol. The lowest BCUT2D eigenvalue weighted by Crippen LogP contribution is -2.40. The minimum absolute atomic E-state index is 0.0613. The number of hydrogen-bond acceptors (Lipinski definition) is 3. The number of nitrogens with zero attached hydrogens (tertiary/aromatic N) is 1. The van der Waals surface area contributed by atoms with Crippen LogP contribution in [0.15, 0.2) is 24.3 Å². The second-order valence-corrected chi connectivity index (χ2v) is 7.79. The van der Waals surface area contributed by atoms with Gasteiger partial charge in [0.25, 0.3) is 5.91 Å². The standard InChI is InChI=1S/C20H28N2O3/c1-20(2,24)12-14-6-8-22(9-7-14)19(23)18-11-16-10-15(13-25-3)4-5-17(16)21-18/h4-5,10-11,14,21,24H,6-9,12-13H2,1-3H3. The number of H-pyrrole nitrogens is 1. The Morgan fingerprint density at radius 1 is 1.32 bits per heavy atom. The molecule has 1 aromatic heterocycles. The normalized spacial score (nSPS) is 16.6. The third kappa shape index (κ3) is 4.41. The number of aromatic amines is 1. The molecule has 1 aliphatic rings. The number of carbonyl (C=O) groups is 1. The predicted molar refractivity (Wildman–Crippen MR) is 98.6 cm³/mol. The summed E-state index contributed by atoms with van der Waals surface area (Å²) in [5.41, 5.74) is 2.08. The fourth-order valence-corrected chi connectivity index (χ4v) is 3.77. The van der Waals surface area contributed by atoms with Crippen molar-refractivity contribution < 1.29 is 14.6 Å². The highest BCUT2D eigenvalue weighted by Crippen LogP contribution is 2.27. The van der Waals surface area contributed by atoms with Gasteiger partial charge in [0, 0.05) is 31.1 Å². The topological polar surface area (TPSA) is 65.6 Å². The molecule has 0 bridgehead atoms. The highest BCUT2D eigenvalue weighted by atomic mass is 16.5. The van der Waals surface area contributed by atoms with E-state index in [4.69, 9.17) is 4.74 Å². The van der Waals surface area contributed by atoms with Crippen molar-refractivity contribution in [3.8, 4) is 0 Å². The number of methoxy groups -OCH3 is 1. The van der Waals surface area contributed by atoms with Gasteiger partial charge in [0.2, 0.25) is 0 Å². The van der Waals surface area contributed by atoms with E-state index in [9.17, 15) is 9.90 Å². The van der Waals surface area contributed by atoms with E-state index in [2.05, 4.69) is 11.1 Å². The lowest BCUT2D eigenvalue weighted by molar-refractivity contribution is 0.0357. The molecule has 0 atom stereocenters. The fourth-order valence-electron chi connectivity index (χ4n) is 3.77. The van der Waals surface area contributed by atoms with Gasteiger partial charge >= 0.3 is 0 Å². The second kappa shape index (κ2) is 7.18. The van der Waals surface area contributed by atoms with Gasteiger partial charge in [-0.1, -0.05) is 6.07 Å². The Labute approximate surface area is 149 Å². The van der Waals surface area contributed by atoms with Crippen LogP contribution in [0.4, 0.5) is 0 Å². The van der Waals surface area contributed by atoms with Crippen LogP contribution in [0.2, 0.25) is 0 Å². The first kappa shape index (κ1) is 18.0. The molecule has 5 heteroatoms. The lowest BCUT2D eigenvalue weighted by Gasteiger charge is -2.34. The highest BCUT2D eigenvalue weighted by molar-refractivity contribution is 5.98. The maximum Gasteiger partial charge on any atom is 0.270 e. The van der Waals surface area contributed by atoms with Gasteiger partial charge in [-0.25, -0.2) is 0 Å². The molecule has 1 aliphatic heterocycles. The smallest absolute Gasteiger partial charge is 0.270 e. The molecule has 136 valence electrons. The van der Waals surface area contributed by atoms with Crippen molar-refractivity contribution >= 4 is 16.8 Å². The quantitative estimate of drug-likeness (QED) is 0.874. The van der Waals surface area contributed by atoms with Gasteiger partial charge < -0.3 is 19.7 Å². The van der Waals surface area contributed by atoms with Gasteiger partial charge in [-0.3, -0.25) is 4.79 Å². The van der Waals surface area contributed by atoms with Crippen LogP contribution in [-0.2, 0) is 11.3 Å². The lowest BCUT2D eigenvalue weighted by atomic mass is 9.86. The van der Waals surface area contributed by atoms with Crippen LogP contribution < -0.4 is 0 Å². The minimum atomic E-state index is -0.631. The van der Waals surface area contributed by atoms with Crippen molar-refractivity contribution in [1.82, 2.24) is 9.88 Å². The molecule has 0 saturated carbocycles. The van der Waals surface area contributed by atoms with Crippen molar-refractivity contribution in [2.24, 2.45) is 5.92 Å². The molecule has 1 fully saturated rings. The minimum Gasteiger partial charge on any atom is -0.390 e. The van der Waals surface area contributed by atoms with Crippen LogP contribution in [0.1, 0.15) is 49.2 Å². The van der Waals surface area contributed by atoms with Crippen molar-refractivity contribution in [1.29, 1.82) is 0 Å². The van der Waals surface area contributed by atoms with E-state index < -0.39 is 5.60 Å². The zero-order valence-electron chi connectivity index (χ0n) is 15.3. The highest BCUT2D eigenvalue weighted by Gasteiger charge is 2.27. The molecule has 2 heterocycles. The number of aliphatic hydroxyl groups is 1. The molecule has 1 amide bonds. The van der Waals surface area contributed by atoms with Gasteiger partial charge in [0.1, 0.15) is 5.69 Å². The van der Waals surface area contributed by atoms with Crippen LogP contribution in [0.25, 0.3) is 10.9 Å². The van der Waals surface area contributed by atoms with Crippen molar-refractivity contribution in [3.05, 3.63) is 35.5 Å². The largest absolute Gasteiger partial charge is 0.390 e. The van der Waals surface area contributed by atoms with Crippen LogP contribution in [0, 0.1) is 5.92 Å². The summed E-state index contributed by atoms with van der Waals surface area (Å²) in [5.74, 6) is 0.551.